The molecule has 30 heavy (non-hydrogen) atoms. The molecule has 3 rings (SSSR count). The third-order valence-corrected chi connectivity index (χ3v) is 5.18. The van der Waals surface area contributed by atoms with Crippen LogP contribution in [0, 0.1) is 11.3 Å². The number of carbonyl (C=O) groups excluding carboxylic acids is 2. The van der Waals surface area contributed by atoms with Crippen LogP contribution in [0.25, 0.3) is 0 Å². The summed E-state index contributed by atoms with van der Waals surface area (Å²) in [5.74, 6) is -4.14. The van der Waals surface area contributed by atoms with Crippen LogP contribution in [-0.2, 0) is 11.2 Å². The van der Waals surface area contributed by atoms with E-state index < -0.39 is 43.3 Å². The zero-order valence-electron chi connectivity index (χ0n) is 16.5. The smallest absolute Gasteiger partial charge is 0.268 e. The summed E-state index contributed by atoms with van der Waals surface area (Å²) in [6.07, 6.45) is 2.99. The molecular weight excluding hydrogens is 390 g/mol. The van der Waals surface area contributed by atoms with Gasteiger partial charge in [-0.25, -0.2) is 8.78 Å². The molecule has 2 atom stereocenters. The van der Waals surface area contributed by atoms with Gasteiger partial charge in [-0.2, -0.15) is 5.26 Å². The minimum atomic E-state index is -3.09. The number of likely N-dealkylation sites (tertiary alicyclic amines) is 1. The van der Waals surface area contributed by atoms with E-state index in [1.54, 1.807) is 18.3 Å². The van der Waals surface area contributed by atoms with Crippen LogP contribution in [0.3, 0.4) is 0 Å². The van der Waals surface area contributed by atoms with Crippen LogP contribution in [0.2, 0.25) is 0 Å². The lowest BCUT2D eigenvalue weighted by molar-refractivity contribution is -0.131. The summed E-state index contributed by atoms with van der Waals surface area (Å²) >= 11 is 0. The molecule has 156 valence electrons. The first-order valence-corrected chi connectivity index (χ1v) is 9.63. The predicted octanol–water partition coefficient (Wildman–Crippen LogP) is 2.92. The Bertz CT molecular complexity index is 959. The maximum Gasteiger partial charge on any atom is 0.268 e. The fraction of sp³-hybridized carbons (Fsp3) is 0.364. The van der Waals surface area contributed by atoms with E-state index >= 15 is 0 Å². The van der Waals surface area contributed by atoms with E-state index in [0.29, 0.717) is 12.0 Å². The van der Waals surface area contributed by atoms with Gasteiger partial charge in [0.05, 0.1) is 19.2 Å². The molecule has 0 bridgehead atoms. The highest BCUT2D eigenvalue weighted by molar-refractivity contribution is 5.97. The van der Waals surface area contributed by atoms with Crippen LogP contribution < -0.4 is 5.32 Å². The SMILES string of the molecule is CC(Cc1cnccc1C(=O)NCC(=O)N1CC(F)(F)CC1C#N)c1ccccc1. The van der Waals surface area contributed by atoms with Gasteiger partial charge < -0.3 is 10.2 Å². The number of nitrogens with zero attached hydrogens (tertiary/aromatic N) is 3. The molecule has 6 nitrogen and oxygen atoms in total. The highest BCUT2D eigenvalue weighted by Crippen LogP contribution is 2.31. The zero-order chi connectivity index (χ0) is 21.7. The first-order chi connectivity index (χ1) is 14.3. The molecule has 1 aromatic heterocycles. The zero-order valence-corrected chi connectivity index (χ0v) is 16.5. The molecule has 1 saturated heterocycles. The van der Waals surface area contributed by atoms with Crippen LogP contribution in [0.4, 0.5) is 8.78 Å². The number of alkyl halides is 2. The van der Waals surface area contributed by atoms with Crippen molar-refractivity contribution in [2.45, 2.75) is 37.6 Å². The van der Waals surface area contributed by atoms with Crippen molar-refractivity contribution in [3.05, 3.63) is 65.5 Å². The summed E-state index contributed by atoms with van der Waals surface area (Å²) in [4.78, 5) is 29.9. The van der Waals surface area contributed by atoms with Crippen molar-refractivity contribution in [3.63, 3.8) is 0 Å². The standard InChI is InChI=1S/C22H22F2N4O2/c1-15(16-5-3-2-4-6-16)9-17-12-26-8-7-19(17)21(30)27-13-20(29)28-14-22(23,24)10-18(28)11-25/h2-8,12,15,18H,9-10,13-14H2,1H3,(H,27,30). The van der Waals surface area contributed by atoms with Crippen molar-refractivity contribution in [1.29, 1.82) is 5.26 Å². The maximum atomic E-state index is 13.5. The van der Waals surface area contributed by atoms with Gasteiger partial charge in [-0.05, 0) is 29.5 Å². The van der Waals surface area contributed by atoms with E-state index in [2.05, 4.69) is 10.3 Å². The van der Waals surface area contributed by atoms with Crippen LogP contribution in [0.5, 0.6) is 0 Å². The number of rotatable bonds is 6. The number of amides is 2. The van der Waals surface area contributed by atoms with Crippen molar-refractivity contribution >= 4 is 11.8 Å². The van der Waals surface area contributed by atoms with Gasteiger partial charge in [0.25, 0.3) is 11.8 Å². The lowest BCUT2D eigenvalue weighted by Crippen LogP contribution is -2.43. The first kappa shape index (κ1) is 21.4. The number of carbonyl (C=O) groups is 2. The summed E-state index contributed by atoms with van der Waals surface area (Å²) in [5.41, 5.74) is 2.23. The number of hydrogen-bond acceptors (Lipinski definition) is 4. The third-order valence-electron chi connectivity index (χ3n) is 5.18. The number of pyridine rings is 1. The van der Waals surface area contributed by atoms with Crippen molar-refractivity contribution in [2.24, 2.45) is 0 Å². The van der Waals surface area contributed by atoms with Crippen LogP contribution >= 0.6 is 0 Å². The average molecular weight is 412 g/mol. The van der Waals surface area contributed by atoms with E-state index in [0.717, 1.165) is 16.0 Å². The lowest BCUT2D eigenvalue weighted by Gasteiger charge is -2.19. The van der Waals surface area contributed by atoms with E-state index in [9.17, 15) is 18.4 Å². The van der Waals surface area contributed by atoms with Gasteiger partial charge in [0.2, 0.25) is 5.91 Å². The monoisotopic (exact) mass is 412 g/mol. The Labute approximate surface area is 173 Å². The maximum absolute atomic E-state index is 13.5. The molecule has 1 aromatic carbocycles. The average Bonchev–Trinajstić information content (AvgIpc) is 3.07. The molecule has 1 aliphatic heterocycles. The number of halogens is 2. The molecule has 0 spiro atoms. The van der Waals surface area contributed by atoms with Crippen LogP contribution in [-0.4, -0.2) is 46.8 Å². The molecular formula is C22H22F2N4O2. The van der Waals surface area contributed by atoms with Gasteiger partial charge >= 0.3 is 0 Å². The molecule has 1 aliphatic rings. The molecule has 2 unspecified atom stereocenters. The van der Waals surface area contributed by atoms with E-state index in [1.165, 1.54) is 6.20 Å². The number of nitriles is 1. The quantitative estimate of drug-likeness (QED) is 0.791. The molecule has 2 heterocycles. The second-order valence-corrected chi connectivity index (χ2v) is 7.46. The minimum Gasteiger partial charge on any atom is -0.343 e. The Morgan fingerprint density at radius 1 is 1.33 bits per heavy atom. The topological polar surface area (TPSA) is 86.1 Å². The molecule has 0 radical (unpaired) electrons. The largest absolute Gasteiger partial charge is 0.343 e. The summed E-state index contributed by atoms with van der Waals surface area (Å²) in [7, 11) is 0. The molecule has 0 aliphatic carbocycles. The highest BCUT2D eigenvalue weighted by atomic mass is 19.3. The van der Waals surface area contributed by atoms with Gasteiger partial charge in [-0.15, -0.1) is 0 Å². The molecule has 2 amide bonds. The van der Waals surface area contributed by atoms with E-state index in [-0.39, 0.29) is 5.92 Å². The van der Waals surface area contributed by atoms with E-state index in [1.807, 2.05) is 37.3 Å². The molecule has 2 aromatic rings. The van der Waals surface area contributed by atoms with Crippen molar-refractivity contribution < 1.29 is 18.4 Å². The molecule has 1 fully saturated rings. The number of hydrogen-bond donors (Lipinski definition) is 1. The van der Waals surface area contributed by atoms with Crippen LogP contribution in [0.1, 0.15) is 40.7 Å². The fourth-order valence-corrected chi connectivity index (χ4v) is 3.59. The Hall–Kier alpha value is -3.34. The predicted molar refractivity (Wildman–Crippen MR) is 106 cm³/mol. The van der Waals surface area contributed by atoms with Gasteiger partial charge in [0.15, 0.2) is 0 Å². The second kappa shape index (κ2) is 8.99. The Balaban J connectivity index is 1.65. The third kappa shape index (κ3) is 4.98. The Morgan fingerprint density at radius 2 is 2.07 bits per heavy atom. The van der Waals surface area contributed by atoms with E-state index in [4.69, 9.17) is 5.26 Å². The first-order valence-electron chi connectivity index (χ1n) is 9.63. The number of benzene rings is 1. The van der Waals surface area contributed by atoms with Gasteiger partial charge in [-0.1, -0.05) is 37.3 Å². The summed E-state index contributed by atoms with van der Waals surface area (Å²) in [5, 5.41) is 11.5. The number of nitrogens with one attached hydrogen (secondary N) is 1. The summed E-state index contributed by atoms with van der Waals surface area (Å²) in [6.45, 7) is 0.779. The second-order valence-electron chi connectivity index (χ2n) is 7.46. The van der Waals surface area contributed by atoms with Crippen molar-refractivity contribution in [3.8, 4) is 6.07 Å². The van der Waals surface area contributed by atoms with Gasteiger partial charge in [0.1, 0.15) is 6.04 Å². The molecule has 1 N–H and O–H groups in total. The van der Waals surface area contributed by atoms with Crippen molar-refractivity contribution in [1.82, 2.24) is 15.2 Å². The van der Waals surface area contributed by atoms with Gasteiger partial charge in [-0.3, -0.25) is 14.6 Å². The Kier molecular flexibility index (Phi) is 6.40. The van der Waals surface area contributed by atoms with Crippen LogP contribution in [0.15, 0.2) is 48.8 Å². The van der Waals surface area contributed by atoms with Gasteiger partial charge in [0, 0.05) is 24.4 Å². The highest BCUT2D eigenvalue weighted by Gasteiger charge is 2.47. The van der Waals surface area contributed by atoms with Crippen molar-refractivity contribution in [2.75, 3.05) is 13.1 Å². The summed E-state index contributed by atoms with van der Waals surface area (Å²) in [6, 6.07) is 12.0. The fourth-order valence-electron chi connectivity index (χ4n) is 3.59. The number of aromatic nitrogens is 1. The minimum absolute atomic E-state index is 0.145. The lowest BCUT2D eigenvalue weighted by atomic mass is 9.92. The summed E-state index contributed by atoms with van der Waals surface area (Å²) < 4.78 is 27.1. The molecule has 0 saturated carbocycles. The Morgan fingerprint density at radius 3 is 2.77 bits per heavy atom. The molecule has 8 heteroatoms. The normalized spacial score (nSPS) is 18.5.